The number of anilines is 2. The molecule has 0 unspecified atom stereocenters. The average molecular weight is 289 g/mol. The summed E-state index contributed by atoms with van der Waals surface area (Å²) in [6, 6.07) is 5.19. The minimum Gasteiger partial charge on any atom is -0.482 e. The Labute approximate surface area is 123 Å². The zero-order chi connectivity index (χ0) is 14.9. The van der Waals surface area contributed by atoms with Crippen molar-refractivity contribution in [3.05, 3.63) is 18.2 Å². The number of amides is 2. The highest BCUT2D eigenvalue weighted by molar-refractivity contribution is 5.97. The van der Waals surface area contributed by atoms with E-state index in [0.29, 0.717) is 23.5 Å². The number of ether oxygens (including phenoxy) is 1. The van der Waals surface area contributed by atoms with Crippen LogP contribution in [0.1, 0.15) is 32.1 Å². The van der Waals surface area contributed by atoms with E-state index in [1.54, 1.807) is 18.2 Å². The first-order chi connectivity index (χ1) is 10.0. The summed E-state index contributed by atoms with van der Waals surface area (Å²) in [4.78, 5) is 23.4. The Balaban J connectivity index is 1.66. The Kier molecular flexibility index (Phi) is 3.55. The van der Waals surface area contributed by atoms with Crippen LogP contribution in [0, 0.1) is 0 Å². The molecule has 0 bridgehead atoms. The van der Waals surface area contributed by atoms with Crippen LogP contribution < -0.4 is 21.1 Å². The minimum atomic E-state index is -0.365. The highest BCUT2D eigenvalue weighted by atomic mass is 16.5. The van der Waals surface area contributed by atoms with Gasteiger partial charge in [0.05, 0.1) is 5.69 Å². The van der Waals surface area contributed by atoms with E-state index in [9.17, 15) is 9.59 Å². The lowest BCUT2D eigenvalue weighted by atomic mass is 9.94. The second-order valence-corrected chi connectivity index (χ2v) is 5.84. The molecule has 0 aromatic heterocycles. The molecular weight excluding hydrogens is 270 g/mol. The largest absolute Gasteiger partial charge is 0.482 e. The van der Waals surface area contributed by atoms with Crippen LogP contribution in [0.3, 0.4) is 0 Å². The van der Waals surface area contributed by atoms with Gasteiger partial charge in [-0.1, -0.05) is 12.8 Å². The maximum atomic E-state index is 12.1. The summed E-state index contributed by atoms with van der Waals surface area (Å²) in [6.07, 6.45) is 4.30. The van der Waals surface area contributed by atoms with Crippen molar-refractivity contribution in [1.82, 2.24) is 0 Å². The fraction of sp³-hybridized carbons (Fsp3) is 0.467. The van der Waals surface area contributed by atoms with Gasteiger partial charge in [-0.2, -0.15) is 0 Å². The van der Waals surface area contributed by atoms with Crippen molar-refractivity contribution in [2.75, 3.05) is 17.2 Å². The summed E-state index contributed by atoms with van der Waals surface area (Å²) in [5.74, 6) is 0.318. The molecule has 0 saturated heterocycles. The average Bonchev–Trinajstić information content (AvgIpc) is 2.84. The molecule has 6 heteroatoms. The monoisotopic (exact) mass is 289 g/mol. The normalized spacial score (nSPS) is 19.4. The van der Waals surface area contributed by atoms with Crippen molar-refractivity contribution in [1.29, 1.82) is 0 Å². The van der Waals surface area contributed by atoms with Gasteiger partial charge in [0, 0.05) is 17.6 Å². The Bertz CT molecular complexity index is 580. The molecule has 21 heavy (non-hydrogen) atoms. The van der Waals surface area contributed by atoms with Crippen molar-refractivity contribution >= 4 is 23.2 Å². The van der Waals surface area contributed by atoms with Gasteiger partial charge >= 0.3 is 0 Å². The van der Waals surface area contributed by atoms with Crippen LogP contribution in [-0.4, -0.2) is 24.0 Å². The third-order valence-electron chi connectivity index (χ3n) is 4.01. The maximum absolute atomic E-state index is 12.1. The molecule has 1 aromatic rings. The van der Waals surface area contributed by atoms with Crippen molar-refractivity contribution in [2.24, 2.45) is 5.73 Å². The van der Waals surface area contributed by atoms with E-state index in [1.165, 1.54) is 0 Å². The fourth-order valence-corrected chi connectivity index (χ4v) is 2.94. The Morgan fingerprint density at radius 2 is 2.14 bits per heavy atom. The van der Waals surface area contributed by atoms with E-state index < -0.39 is 0 Å². The SMILES string of the molecule is NC1(CC(=O)Nc2ccc3c(c2)NC(=O)CO3)CCCC1. The summed E-state index contributed by atoms with van der Waals surface area (Å²) in [6.45, 7) is 0.0222. The first-order valence-corrected chi connectivity index (χ1v) is 7.20. The highest BCUT2D eigenvalue weighted by Gasteiger charge is 2.31. The predicted octanol–water partition coefficient (Wildman–Crippen LogP) is 1.62. The zero-order valence-electron chi connectivity index (χ0n) is 11.8. The van der Waals surface area contributed by atoms with Crippen molar-refractivity contribution in [3.8, 4) is 5.75 Å². The lowest BCUT2D eigenvalue weighted by molar-refractivity contribution is -0.119. The number of nitrogens with one attached hydrogen (secondary N) is 2. The molecule has 1 aliphatic carbocycles. The summed E-state index contributed by atoms with van der Waals surface area (Å²) >= 11 is 0. The summed E-state index contributed by atoms with van der Waals surface area (Å²) in [5.41, 5.74) is 7.05. The van der Waals surface area contributed by atoms with Crippen molar-refractivity contribution in [3.63, 3.8) is 0 Å². The smallest absolute Gasteiger partial charge is 0.262 e. The molecule has 1 heterocycles. The van der Waals surface area contributed by atoms with Crippen LogP contribution in [0.4, 0.5) is 11.4 Å². The molecule has 1 aliphatic heterocycles. The standard InChI is InChI=1S/C15H19N3O3/c16-15(5-1-2-6-15)8-13(19)17-10-3-4-12-11(7-10)18-14(20)9-21-12/h3-4,7H,1-2,5-6,8-9,16H2,(H,17,19)(H,18,20). The third-order valence-corrected chi connectivity index (χ3v) is 4.01. The maximum Gasteiger partial charge on any atom is 0.262 e. The molecule has 1 aromatic carbocycles. The van der Waals surface area contributed by atoms with E-state index in [0.717, 1.165) is 25.7 Å². The van der Waals surface area contributed by atoms with Gasteiger partial charge in [0.25, 0.3) is 5.91 Å². The predicted molar refractivity (Wildman–Crippen MR) is 79.2 cm³/mol. The Hall–Kier alpha value is -2.08. The van der Waals surface area contributed by atoms with Gasteiger partial charge in [0.2, 0.25) is 5.91 Å². The molecule has 0 atom stereocenters. The second kappa shape index (κ2) is 5.37. The molecule has 1 fully saturated rings. The zero-order valence-corrected chi connectivity index (χ0v) is 11.8. The van der Waals surface area contributed by atoms with Gasteiger partial charge in [-0.25, -0.2) is 0 Å². The van der Waals surface area contributed by atoms with Gasteiger partial charge in [-0.3, -0.25) is 9.59 Å². The molecule has 4 N–H and O–H groups in total. The number of nitrogens with two attached hydrogens (primary N) is 1. The number of hydrogen-bond donors (Lipinski definition) is 3. The van der Waals surface area contributed by atoms with Gasteiger partial charge < -0.3 is 21.1 Å². The molecule has 2 aliphatic rings. The molecule has 1 saturated carbocycles. The number of rotatable bonds is 3. The topological polar surface area (TPSA) is 93.5 Å². The number of benzene rings is 1. The summed E-state index contributed by atoms with van der Waals surface area (Å²) < 4.78 is 5.27. The summed E-state index contributed by atoms with van der Waals surface area (Å²) in [5, 5.41) is 5.55. The van der Waals surface area contributed by atoms with E-state index in [-0.39, 0.29) is 24.0 Å². The molecule has 0 radical (unpaired) electrons. The molecular formula is C15H19N3O3. The molecule has 2 amide bonds. The van der Waals surface area contributed by atoms with E-state index in [2.05, 4.69) is 10.6 Å². The van der Waals surface area contributed by atoms with Gasteiger partial charge in [0.15, 0.2) is 6.61 Å². The highest BCUT2D eigenvalue weighted by Crippen LogP contribution is 2.32. The molecule has 112 valence electrons. The number of hydrogen-bond acceptors (Lipinski definition) is 4. The van der Waals surface area contributed by atoms with Crippen molar-refractivity contribution in [2.45, 2.75) is 37.6 Å². The van der Waals surface area contributed by atoms with Crippen LogP contribution in [-0.2, 0) is 9.59 Å². The van der Waals surface area contributed by atoms with Gasteiger partial charge in [-0.05, 0) is 31.0 Å². The Morgan fingerprint density at radius 1 is 1.38 bits per heavy atom. The molecule has 3 rings (SSSR count). The van der Waals surface area contributed by atoms with Crippen LogP contribution in [0.25, 0.3) is 0 Å². The lowest BCUT2D eigenvalue weighted by Gasteiger charge is -2.23. The van der Waals surface area contributed by atoms with E-state index >= 15 is 0 Å². The number of fused-ring (bicyclic) bond motifs is 1. The van der Waals surface area contributed by atoms with Crippen molar-refractivity contribution < 1.29 is 14.3 Å². The fourth-order valence-electron chi connectivity index (χ4n) is 2.94. The molecule has 0 spiro atoms. The van der Waals surface area contributed by atoms with E-state index in [1.807, 2.05) is 0 Å². The first kappa shape index (κ1) is 13.9. The quantitative estimate of drug-likeness (QED) is 0.788. The van der Waals surface area contributed by atoms with Crippen LogP contribution >= 0.6 is 0 Å². The third kappa shape index (κ3) is 3.16. The Morgan fingerprint density at radius 3 is 2.90 bits per heavy atom. The summed E-state index contributed by atoms with van der Waals surface area (Å²) in [7, 11) is 0. The second-order valence-electron chi connectivity index (χ2n) is 5.84. The lowest BCUT2D eigenvalue weighted by Crippen LogP contribution is -2.40. The first-order valence-electron chi connectivity index (χ1n) is 7.20. The minimum absolute atomic E-state index is 0.0222. The molecule has 6 nitrogen and oxygen atoms in total. The van der Waals surface area contributed by atoms with Crippen LogP contribution in [0.15, 0.2) is 18.2 Å². The van der Waals surface area contributed by atoms with Crippen LogP contribution in [0.2, 0.25) is 0 Å². The van der Waals surface area contributed by atoms with E-state index in [4.69, 9.17) is 10.5 Å². The van der Waals surface area contributed by atoms with Gasteiger partial charge in [0.1, 0.15) is 5.75 Å². The number of carbonyl (C=O) groups excluding carboxylic acids is 2. The number of carbonyl (C=O) groups is 2. The van der Waals surface area contributed by atoms with Gasteiger partial charge in [-0.15, -0.1) is 0 Å². The van der Waals surface area contributed by atoms with Crippen LogP contribution in [0.5, 0.6) is 5.75 Å².